The van der Waals surface area contributed by atoms with E-state index < -0.39 is 0 Å². The van der Waals surface area contributed by atoms with E-state index in [4.69, 9.17) is 0 Å². The minimum Gasteiger partial charge on any atom is -0.356 e. The molecule has 0 bridgehead atoms. The van der Waals surface area contributed by atoms with Crippen LogP contribution in [-0.2, 0) is 29.0 Å². The molecule has 1 N–H and O–H groups in total. The lowest BCUT2D eigenvalue weighted by Crippen LogP contribution is -2.45. The highest BCUT2D eigenvalue weighted by atomic mass is 32.1. The first-order valence-electron chi connectivity index (χ1n) is 12.6. The fourth-order valence-corrected chi connectivity index (χ4v) is 6.26. The predicted octanol–water partition coefficient (Wildman–Crippen LogP) is 3.66. The zero-order valence-electron chi connectivity index (χ0n) is 19.7. The summed E-state index contributed by atoms with van der Waals surface area (Å²) in [7, 11) is 0. The molecule has 2 amide bonds. The summed E-state index contributed by atoms with van der Waals surface area (Å²) in [5, 5.41) is 3.81. The predicted molar refractivity (Wildman–Crippen MR) is 132 cm³/mol. The zero-order chi connectivity index (χ0) is 23.2. The van der Waals surface area contributed by atoms with E-state index in [0.717, 1.165) is 55.2 Å². The van der Waals surface area contributed by atoms with E-state index in [1.807, 2.05) is 0 Å². The minimum absolute atomic E-state index is 0.00907. The Hall–Kier alpha value is -2.22. The Morgan fingerprint density at radius 3 is 2.88 bits per heavy atom. The number of thiophene rings is 1. The van der Waals surface area contributed by atoms with Crippen molar-refractivity contribution in [2.45, 2.75) is 84.1 Å². The molecule has 1 aliphatic heterocycles. The second-order valence-electron chi connectivity index (χ2n) is 9.41. The van der Waals surface area contributed by atoms with Gasteiger partial charge in [-0.15, -0.1) is 11.3 Å². The number of piperidine rings is 1. The molecule has 1 atom stereocenters. The molecule has 1 saturated heterocycles. The van der Waals surface area contributed by atoms with E-state index in [-0.39, 0.29) is 29.7 Å². The first kappa shape index (κ1) is 23.9. The summed E-state index contributed by atoms with van der Waals surface area (Å²) in [6.45, 7) is 4.38. The van der Waals surface area contributed by atoms with Gasteiger partial charge in [0.05, 0.1) is 17.6 Å². The number of aryl methyl sites for hydroxylation is 3. The molecular formula is C25H36N4O3S. The third kappa shape index (κ3) is 5.65. The van der Waals surface area contributed by atoms with Crippen molar-refractivity contribution in [3.05, 3.63) is 27.1 Å². The fraction of sp³-hybridized carbons (Fsp3) is 0.680. The number of amides is 2. The maximum atomic E-state index is 13.1. The Bertz CT molecular complexity index is 1040. The quantitative estimate of drug-likeness (QED) is 0.565. The SMILES string of the molecule is CCCCCCNC(=O)C1CCCN(C(=O)CCn2cnc3sc4c(c3c2=O)CCCC4)C1. The Morgan fingerprint density at radius 1 is 1.18 bits per heavy atom. The molecule has 180 valence electrons. The van der Waals surface area contributed by atoms with Crippen LogP contribution in [0.2, 0.25) is 0 Å². The molecule has 2 aromatic heterocycles. The van der Waals surface area contributed by atoms with Crippen LogP contribution in [0.25, 0.3) is 10.2 Å². The number of unbranched alkanes of at least 4 members (excludes halogenated alkanes) is 3. The first-order valence-corrected chi connectivity index (χ1v) is 13.4. The third-order valence-electron chi connectivity index (χ3n) is 6.98. The van der Waals surface area contributed by atoms with Gasteiger partial charge in [-0.1, -0.05) is 26.2 Å². The molecule has 33 heavy (non-hydrogen) atoms. The molecular weight excluding hydrogens is 436 g/mol. The number of fused-ring (bicyclic) bond motifs is 3. The monoisotopic (exact) mass is 472 g/mol. The van der Waals surface area contributed by atoms with E-state index >= 15 is 0 Å². The van der Waals surface area contributed by atoms with Gasteiger partial charge in [-0.25, -0.2) is 4.98 Å². The van der Waals surface area contributed by atoms with Crippen molar-refractivity contribution >= 4 is 33.4 Å². The van der Waals surface area contributed by atoms with Gasteiger partial charge in [-0.3, -0.25) is 19.0 Å². The van der Waals surface area contributed by atoms with E-state index in [0.29, 0.717) is 26.2 Å². The number of rotatable bonds is 9. The van der Waals surface area contributed by atoms with Crippen LogP contribution >= 0.6 is 11.3 Å². The highest BCUT2D eigenvalue weighted by molar-refractivity contribution is 7.18. The largest absolute Gasteiger partial charge is 0.356 e. The van der Waals surface area contributed by atoms with Crippen LogP contribution in [0.4, 0.5) is 0 Å². The number of nitrogens with zero attached hydrogens (tertiary/aromatic N) is 3. The number of hydrogen-bond donors (Lipinski definition) is 1. The van der Waals surface area contributed by atoms with E-state index in [2.05, 4.69) is 17.2 Å². The van der Waals surface area contributed by atoms with Gasteiger partial charge in [0.15, 0.2) is 0 Å². The van der Waals surface area contributed by atoms with Crippen LogP contribution in [0.3, 0.4) is 0 Å². The standard InChI is InChI=1S/C25H36N4O3S/c1-2-3-4-7-13-26-23(31)18-9-8-14-28(16-18)21(30)12-15-29-17-27-24-22(25(29)32)19-10-5-6-11-20(19)33-24/h17-18H,2-16H2,1H3,(H,26,31). The molecule has 0 radical (unpaired) electrons. The maximum absolute atomic E-state index is 13.1. The van der Waals surface area contributed by atoms with Gasteiger partial charge < -0.3 is 10.2 Å². The lowest BCUT2D eigenvalue weighted by atomic mass is 9.96. The highest BCUT2D eigenvalue weighted by Crippen LogP contribution is 2.33. The van der Waals surface area contributed by atoms with Crippen LogP contribution in [-0.4, -0.2) is 45.9 Å². The normalized spacial score (nSPS) is 18.3. The second kappa shape index (κ2) is 11.3. The van der Waals surface area contributed by atoms with Gasteiger partial charge in [-0.05, 0) is 50.5 Å². The molecule has 0 aromatic carbocycles. The van der Waals surface area contributed by atoms with Crippen LogP contribution in [0.1, 0.15) is 75.2 Å². The van der Waals surface area contributed by atoms with Crippen molar-refractivity contribution in [3.8, 4) is 0 Å². The molecule has 4 rings (SSSR count). The molecule has 1 aliphatic carbocycles. The number of hydrogen-bond acceptors (Lipinski definition) is 5. The summed E-state index contributed by atoms with van der Waals surface area (Å²) >= 11 is 1.64. The average molecular weight is 473 g/mol. The number of likely N-dealkylation sites (tertiary alicyclic amines) is 1. The van der Waals surface area contributed by atoms with Crippen molar-refractivity contribution in [2.75, 3.05) is 19.6 Å². The lowest BCUT2D eigenvalue weighted by Gasteiger charge is -2.32. The molecule has 8 heteroatoms. The van der Waals surface area contributed by atoms with Crippen molar-refractivity contribution in [1.29, 1.82) is 0 Å². The molecule has 0 spiro atoms. The highest BCUT2D eigenvalue weighted by Gasteiger charge is 2.28. The van der Waals surface area contributed by atoms with E-state index in [9.17, 15) is 14.4 Å². The third-order valence-corrected chi connectivity index (χ3v) is 8.18. The maximum Gasteiger partial charge on any atom is 0.262 e. The Morgan fingerprint density at radius 2 is 2.03 bits per heavy atom. The van der Waals surface area contributed by atoms with Crippen molar-refractivity contribution in [3.63, 3.8) is 0 Å². The summed E-state index contributed by atoms with van der Waals surface area (Å²) in [4.78, 5) is 47.0. The molecule has 1 unspecified atom stereocenters. The average Bonchev–Trinajstić information content (AvgIpc) is 3.22. The molecule has 2 aromatic rings. The minimum atomic E-state index is -0.132. The number of carbonyl (C=O) groups excluding carboxylic acids is 2. The van der Waals surface area contributed by atoms with Crippen molar-refractivity contribution in [2.24, 2.45) is 5.92 Å². The molecule has 3 heterocycles. The van der Waals surface area contributed by atoms with Gasteiger partial charge in [0, 0.05) is 37.5 Å². The topological polar surface area (TPSA) is 84.3 Å². The molecule has 7 nitrogen and oxygen atoms in total. The Kier molecular flexibility index (Phi) is 8.17. The van der Waals surface area contributed by atoms with Crippen molar-refractivity contribution < 1.29 is 9.59 Å². The summed E-state index contributed by atoms with van der Waals surface area (Å²) in [6.07, 6.45) is 12.3. The van der Waals surface area contributed by atoms with Gasteiger partial charge in [0.1, 0.15) is 4.83 Å². The summed E-state index contributed by atoms with van der Waals surface area (Å²) < 4.78 is 1.59. The summed E-state index contributed by atoms with van der Waals surface area (Å²) in [6, 6.07) is 0. The lowest BCUT2D eigenvalue weighted by molar-refractivity contribution is -0.135. The number of nitrogens with one attached hydrogen (secondary N) is 1. The summed E-state index contributed by atoms with van der Waals surface area (Å²) in [5.41, 5.74) is 1.16. The Balaban J connectivity index is 1.32. The van der Waals surface area contributed by atoms with E-state index in [1.54, 1.807) is 27.1 Å². The Labute approximate surface area is 199 Å². The smallest absolute Gasteiger partial charge is 0.262 e. The van der Waals surface area contributed by atoms with Crippen molar-refractivity contribution in [1.82, 2.24) is 19.8 Å². The van der Waals surface area contributed by atoms with Crippen LogP contribution in [0.15, 0.2) is 11.1 Å². The van der Waals surface area contributed by atoms with Gasteiger partial charge in [-0.2, -0.15) is 0 Å². The molecule has 2 aliphatic rings. The molecule has 0 saturated carbocycles. The number of aromatic nitrogens is 2. The van der Waals surface area contributed by atoms with Gasteiger partial charge in [0.2, 0.25) is 11.8 Å². The molecule has 1 fully saturated rings. The number of carbonyl (C=O) groups is 2. The first-order chi connectivity index (χ1) is 16.1. The summed E-state index contributed by atoms with van der Waals surface area (Å²) in [5.74, 6) is -0.0566. The van der Waals surface area contributed by atoms with E-state index in [1.165, 1.54) is 29.7 Å². The second-order valence-corrected chi connectivity index (χ2v) is 10.5. The van der Waals surface area contributed by atoms with Gasteiger partial charge in [0.25, 0.3) is 5.56 Å². The van der Waals surface area contributed by atoms with Crippen LogP contribution in [0, 0.1) is 5.92 Å². The van der Waals surface area contributed by atoms with Gasteiger partial charge >= 0.3 is 0 Å². The van der Waals surface area contributed by atoms with Crippen LogP contribution < -0.4 is 10.9 Å². The zero-order valence-corrected chi connectivity index (χ0v) is 20.6. The van der Waals surface area contributed by atoms with Crippen LogP contribution in [0.5, 0.6) is 0 Å². The fourth-order valence-electron chi connectivity index (χ4n) is 5.04.